The van der Waals surface area contributed by atoms with Gasteiger partial charge in [0.2, 0.25) is 0 Å². The maximum atomic E-state index is 9.63. The normalized spacial score (nSPS) is 9.92. The Kier molecular flexibility index (Phi) is 64.1. The van der Waals surface area contributed by atoms with E-state index in [4.69, 9.17) is 39.1 Å². The minimum atomic E-state index is -5.05. The van der Waals surface area contributed by atoms with Crippen molar-refractivity contribution in [1.29, 1.82) is 0 Å². The van der Waals surface area contributed by atoms with Crippen LogP contribution >= 0.6 is 31.3 Å². The number of hydrogen-bond acceptors (Lipinski definition) is 6. The molecule has 0 spiro atoms. The number of phosphoric acid groups is 4. The molecule has 0 heterocycles. The van der Waals surface area contributed by atoms with Crippen LogP contribution in [0.2, 0.25) is 0 Å². The predicted molar refractivity (Wildman–Crippen MR) is 85.6 cm³/mol. The summed E-state index contributed by atoms with van der Waals surface area (Å²) in [5, 5.41) is 0. The van der Waals surface area contributed by atoms with Gasteiger partial charge < -0.3 is 54.8 Å². The quantitative estimate of drug-likeness (QED) is 0.111. The average Bonchev–Trinajstić information content (AvgIpc) is 1.64. The van der Waals surface area contributed by atoms with Crippen LogP contribution in [0.15, 0.2) is 0 Å². The standard InChI is InChI=1S/4Ca.3Na.2H4O7P2.11H/c;;;;;;;2*1-8(2,3)7-9(4,5)6;;;;;;;;;;;/h;;;;;;;2*(H2,1,2,3)(H2,4,5,6);;;;;;;;;;;/q4*+2;3*+1;;;11*-1. The van der Waals surface area contributed by atoms with E-state index in [0.717, 1.165) is 0 Å². The van der Waals surface area contributed by atoms with E-state index < -0.39 is 31.3 Å². The topological polar surface area (TPSA) is 249 Å². The van der Waals surface area contributed by atoms with Crippen molar-refractivity contribution < 1.29 is 170 Å². The molecule has 25 heteroatoms. The molecule has 0 aromatic carbocycles. The molecular weight excluding hydrogens is 577 g/mol. The van der Waals surface area contributed by atoms with E-state index in [1.807, 2.05) is 0 Å². The summed E-state index contributed by atoms with van der Waals surface area (Å²) in [6, 6.07) is 0. The first-order valence-corrected chi connectivity index (χ1v) is 9.18. The third-order valence-corrected chi connectivity index (χ3v) is 3.83. The van der Waals surface area contributed by atoms with Crippen LogP contribution in [0.4, 0.5) is 0 Å². The van der Waals surface area contributed by atoms with E-state index in [1.54, 1.807) is 0 Å². The minimum absolute atomic E-state index is 0. The zero-order chi connectivity index (χ0) is 15.4. The van der Waals surface area contributed by atoms with Crippen LogP contribution in [0.25, 0.3) is 0 Å². The van der Waals surface area contributed by atoms with Gasteiger partial charge in [-0.05, 0) is 0 Å². The first-order chi connectivity index (χ1) is 7.41. The van der Waals surface area contributed by atoms with Gasteiger partial charge in [0.25, 0.3) is 0 Å². The zero-order valence-corrected chi connectivity index (χ0v) is 32.1. The third kappa shape index (κ3) is 71.9. The van der Waals surface area contributed by atoms with Gasteiger partial charge in [0.15, 0.2) is 0 Å². The van der Waals surface area contributed by atoms with Gasteiger partial charge in [-0.2, -0.15) is 8.62 Å². The molecule has 0 aliphatic carbocycles. The number of hydrogen-bond donors (Lipinski definition) is 8. The fourth-order valence-electron chi connectivity index (χ4n) is 0.277. The van der Waals surface area contributed by atoms with Crippen LogP contribution in [0.5, 0.6) is 0 Å². The third-order valence-electron chi connectivity index (χ3n) is 0.425. The maximum Gasteiger partial charge on any atom is 2.00 e. The molecule has 25 heavy (non-hydrogen) atoms. The summed E-state index contributed by atoms with van der Waals surface area (Å²) in [6.45, 7) is 0. The molecule has 0 aromatic rings. The maximum absolute atomic E-state index is 9.63. The Bertz CT molecular complexity index is 397. The molecule has 0 fully saturated rings. The van der Waals surface area contributed by atoms with E-state index in [9.17, 15) is 18.3 Å². The van der Waals surface area contributed by atoms with Crippen molar-refractivity contribution >= 4 is 182 Å². The summed E-state index contributed by atoms with van der Waals surface area (Å²) >= 11 is 0. The van der Waals surface area contributed by atoms with Crippen molar-refractivity contribution in [3.05, 3.63) is 0 Å². The molecule has 0 aromatic heterocycles. The molecule has 0 atom stereocenters. The Hall–Kier alpha value is 8.56. The molecule has 0 rings (SSSR count). The van der Waals surface area contributed by atoms with Crippen molar-refractivity contribution in [2.24, 2.45) is 0 Å². The first kappa shape index (κ1) is 59.0. The van der Waals surface area contributed by atoms with E-state index in [1.165, 1.54) is 0 Å². The van der Waals surface area contributed by atoms with Crippen molar-refractivity contribution in [3.63, 3.8) is 0 Å². The van der Waals surface area contributed by atoms with Crippen LogP contribution in [-0.4, -0.2) is 190 Å². The first-order valence-electron chi connectivity index (χ1n) is 3.06. The summed E-state index contributed by atoms with van der Waals surface area (Å²) in [4.78, 5) is 62.0. The van der Waals surface area contributed by atoms with Crippen molar-refractivity contribution in [3.8, 4) is 0 Å². The Balaban J connectivity index is -0.00000000527. The fourth-order valence-corrected chi connectivity index (χ4v) is 2.49. The van der Waals surface area contributed by atoms with E-state index in [0.29, 0.717) is 0 Å². The van der Waals surface area contributed by atoms with Crippen LogP contribution in [-0.2, 0) is 26.9 Å². The second-order valence-corrected chi connectivity index (χ2v) is 7.36. The largest absolute Gasteiger partial charge is 2.00 e. The van der Waals surface area contributed by atoms with Crippen LogP contribution in [0.3, 0.4) is 0 Å². The van der Waals surface area contributed by atoms with Gasteiger partial charge in [-0.1, -0.05) is 0 Å². The Morgan fingerprint density at radius 1 is 0.440 bits per heavy atom. The van der Waals surface area contributed by atoms with Gasteiger partial charge in [-0.15, -0.1) is 0 Å². The molecule has 0 radical (unpaired) electrons. The second kappa shape index (κ2) is 27.2. The predicted octanol–water partition coefficient (Wildman–Crippen LogP) is -10.9. The van der Waals surface area contributed by atoms with Crippen LogP contribution < -0.4 is 88.7 Å². The molecular formula is H19Ca4Na3O14P4. The molecule has 134 valence electrons. The second-order valence-electron chi connectivity index (χ2n) is 2.13. The van der Waals surface area contributed by atoms with E-state index in [-0.39, 0.29) is 255 Å². The smallest absolute Gasteiger partial charge is 1.00 e. The molecule has 14 nitrogen and oxygen atoms in total. The van der Waals surface area contributed by atoms with Gasteiger partial charge in [-0.3, -0.25) is 0 Å². The van der Waals surface area contributed by atoms with Crippen molar-refractivity contribution in [1.82, 2.24) is 0 Å². The van der Waals surface area contributed by atoms with Gasteiger partial charge in [-0.25, -0.2) is 18.3 Å². The molecule has 8 N–H and O–H groups in total. The number of rotatable bonds is 4. The molecule has 0 saturated carbocycles. The van der Waals surface area contributed by atoms with E-state index >= 15 is 0 Å². The summed E-state index contributed by atoms with van der Waals surface area (Å²) in [5.41, 5.74) is 0. The van der Waals surface area contributed by atoms with Gasteiger partial charge >= 0.3 is 271 Å². The molecule has 0 aliphatic heterocycles. The molecule has 0 bridgehead atoms. The Labute approximate surface area is 344 Å². The summed E-state index contributed by atoms with van der Waals surface area (Å²) < 4.78 is 44.4. The van der Waals surface area contributed by atoms with Gasteiger partial charge in [0.1, 0.15) is 0 Å². The Morgan fingerprint density at radius 3 is 0.520 bits per heavy atom. The van der Waals surface area contributed by atoms with Crippen molar-refractivity contribution in [2.45, 2.75) is 0 Å². The summed E-state index contributed by atoms with van der Waals surface area (Å²) in [6.07, 6.45) is 0. The molecule has 0 aliphatic rings. The van der Waals surface area contributed by atoms with E-state index in [2.05, 4.69) is 8.62 Å². The van der Waals surface area contributed by atoms with Crippen molar-refractivity contribution in [2.75, 3.05) is 0 Å². The monoisotopic (exact) mass is 596 g/mol. The molecule has 0 saturated heterocycles. The molecule has 0 amide bonds. The van der Waals surface area contributed by atoms with Crippen LogP contribution in [0, 0.1) is 0 Å². The summed E-state index contributed by atoms with van der Waals surface area (Å²) in [5.74, 6) is 0. The SMILES string of the molecule is O=P(O)(O)OP(=O)(O)O.O=P(O)(O)OP(=O)(O)O.[Ca+2].[Ca+2].[Ca+2].[Ca+2].[H-].[H-].[H-].[H-].[H-].[H-].[H-].[H-].[H-].[H-].[H-].[Na+].[Na+].[Na+]. The average molecular weight is 596 g/mol. The Morgan fingerprint density at radius 2 is 0.520 bits per heavy atom. The minimum Gasteiger partial charge on any atom is -1.00 e. The zero-order valence-electron chi connectivity index (χ0n) is 24.6. The van der Waals surface area contributed by atoms with Gasteiger partial charge in [0, 0.05) is 0 Å². The molecule has 0 unspecified atom stereocenters. The summed E-state index contributed by atoms with van der Waals surface area (Å²) in [7, 11) is -20.2. The van der Waals surface area contributed by atoms with Crippen LogP contribution in [0.1, 0.15) is 15.7 Å². The fraction of sp³-hybridized carbons (Fsp3) is 0. The van der Waals surface area contributed by atoms with Gasteiger partial charge in [0.05, 0.1) is 0 Å².